The van der Waals surface area contributed by atoms with Gasteiger partial charge in [0.2, 0.25) is 0 Å². The summed E-state index contributed by atoms with van der Waals surface area (Å²) in [5.41, 5.74) is 2.12. The lowest BCUT2D eigenvalue weighted by Crippen LogP contribution is -2.04. The van der Waals surface area contributed by atoms with E-state index < -0.39 is 0 Å². The second-order valence-electron chi connectivity index (χ2n) is 2.92. The van der Waals surface area contributed by atoms with Crippen molar-refractivity contribution < 1.29 is 4.79 Å². The van der Waals surface area contributed by atoms with Crippen molar-refractivity contribution in [3.63, 3.8) is 0 Å². The highest BCUT2D eigenvalue weighted by Gasteiger charge is 2.04. The van der Waals surface area contributed by atoms with Crippen molar-refractivity contribution in [2.24, 2.45) is 0 Å². The number of carbonyl (C=O) groups is 1. The monoisotopic (exact) mass is 260 g/mol. The number of alkyl halides is 1. The number of benzene rings is 1. The normalized spacial score (nSPS) is 10.1. The third-order valence-corrected chi connectivity index (χ3v) is 2.70. The third kappa shape index (κ3) is 3.12. The fraction of sp³-hybridized carbons (Fsp3) is 0.300. The van der Waals surface area contributed by atoms with Gasteiger partial charge in [-0.05, 0) is 30.2 Å². The molecule has 0 atom stereocenters. The van der Waals surface area contributed by atoms with E-state index in [9.17, 15) is 4.79 Å². The Bertz CT molecular complexity index is 323. The second-order valence-corrected chi connectivity index (χ2v) is 3.92. The van der Waals surface area contributed by atoms with E-state index in [-0.39, 0.29) is 5.78 Å². The molecule has 0 aliphatic heterocycles. The number of hydrogen-bond donors (Lipinski definition) is 0. The Labute approximate surface area is 91.2 Å². The molecule has 0 unspecified atom stereocenters. The zero-order valence-corrected chi connectivity index (χ0v) is 9.65. The molecule has 1 nitrogen and oxygen atoms in total. The summed E-state index contributed by atoms with van der Waals surface area (Å²) in [6.45, 7) is 1.96. The maximum atomic E-state index is 11.1. The zero-order chi connectivity index (χ0) is 9.84. The van der Waals surface area contributed by atoms with Gasteiger partial charge in [-0.3, -0.25) is 4.79 Å². The summed E-state index contributed by atoms with van der Waals surface area (Å²) >= 11 is 8.93. The number of rotatable bonds is 3. The van der Waals surface area contributed by atoms with Crippen LogP contribution in [0.1, 0.15) is 11.1 Å². The van der Waals surface area contributed by atoms with Crippen molar-refractivity contribution in [2.45, 2.75) is 13.3 Å². The van der Waals surface area contributed by atoms with Gasteiger partial charge >= 0.3 is 0 Å². The molecule has 1 rings (SSSR count). The lowest BCUT2D eigenvalue weighted by molar-refractivity contribution is -0.115. The molecule has 0 fully saturated rings. The molecular formula is C10H10BrClO. The van der Waals surface area contributed by atoms with Crippen LogP contribution in [0.25, 0.3) is 0 Å². The fourth-order valence-corrected chi connectivity index (χ4v) is 1.54. The minimum atomic E-state index is 0.186. The lowest BCUT2D eigenvalue weighted by Gasteiger charge is -2.03. The van der Waals surface area contributed by atoms with Crippen LogP contribution in [0.5, 0.6) is 0 Å². The van der Waals surface area contributed by atoms with Crippen molar-refractivity contribution in [3.8, 4) is 0 Å². The maximum Gasteiger partial charge on any atom is 0.147 e. The van der Waals surface area contributed by atoms with E-state index in [0.717, 1.165) is 11.1 Å². The lowest BCUT2D eigenvalue weighted by atomic mass is 10.0. The second kappa shape index (κ2) is 4.77. The highest BCUT2D eigenvalue weighted by Crippen LogP contribution is 2.15. The summed E-state index contributed by atoms with van der Waals surface area (Å²) in [6, 6.07) is 5.59. The third-order valence-electron chi connectivity index (χ3n) is 1.84. The van der Waals surface area contributed by atoms with Gasteiger partial charge in [0.25, 0.3) is 0 Å². The highest BCUT2D eigenvalue weighted by atomic mass is 79.9. The van der Waals surface area contributed by atoms with Crippen molar-refractivity contribution in [2.75, 3.05) is 5.33 Å². The van der Waals surface area contributed by atoms with Crippen LogP contribution in [0.3, 0.4) is 0 Å². The molecule has 0 aliphatic carbocycles. The molecule has 0 radical (unpaired) electrons. The molecule has 1 aromatic carbocycles. The van der Waals surface area contributed by atoms with Gasteiger partial charge in [-0.15, -0.1) is 0 Å². The Morgan fingerprint density at radius 3 is 2.77 bits per heavy atom. The summed E-state index contributed by atoms with van der Waals surface area (Å²) in [4.78, 5) is 11.1. The topological polar surface area (TPSA) is 17.1 Å². The van der Waals surface area contributed by atoms with E-state index >= 15 is 0 Å². The van der Waals surface area contributed by atoms with Gasteiger partial charge in [0, 0.05) is 11.4 Å². The molecule has 0 saturated carbocycles. The Kier molecular flexibility index (Phi) is 3.94. The smallest absolute Gasteiger partial charge is 0.147 e. The van der Waals surface area contributed by atoms with Gasteiger partial charge in [0.05, 0.1) is 5.33 Å². The van der Waals surface area contributed by atoms with Crippen LogP contribution in [-0.2, 0) is 11.2 Å². The summed E-state index contributed by atoms with van der Waals surface area (Å²) in [5.74, 6) is 0.186. The quantitative estimate of drug-likeness (QED) is 0.764. The maximum absolute atomic E-state index is 11.1. The van der Waals surface area contributed by atoms with Crippen LogP contribution in [0.2, 0.25) is 5.02 Å². The van der Waals surface area contributed by atoms with Crippen LogP contribution >= 0.6 is 27.5 Å². The van der Waals surface area contributed by atoms with Crippen molar-refractivity contribution in [1.29, 1.82) is 0 Å². The standard InChI is InChI=1S/C10H10BrClO/c1-7-4-9(12)3-2-8(7)5-10(13)6-11/h2-4H,5-6H2,1H3. The first-order chi connectivity index (χ1) is 6.13. The molecule has 0 heterocycles. The van der Waals surface area contributed by atoms with Crippen LogP contribution in [-0.4, -0.2) is 11.1 Å². The largest absolute Gasteiger partial charge is 0.298 e. The predicted molar refractivity (Wildman–Crippen MR) is 58.7 cm³/mol. The highest BCUT2D eigenvalue weighted by molar-refractivity contribution is 9.09. The molecule has 70 valence electrons. The summed E-state index contributed by atoms with van der Waals surface area (Å²) in [6.07, 6.45) is 0.480. The average molecular weight is 262 g/mol. The van der Waals surface area contributed by atoms with Gasteiger partial charge in [-0.1, -0.05) is 33.6 Å². The van der Waals surface area contributed by atoms with E-state index in [2.05, 4.69) is 15.9 Å². The van der Waals surface area contributed by atoms with E-state index in [0.29, 0.717) is 16.8 Å². The molecule has 0 spiro atoms. The summed E-state index contributed by atoms with van der Waals surface area (Å²) in [7, 11) is 0. The first-order valence-electron chi connectivity index (χ1n) is 3.96. The number of carbonyl (C=O) groups excluding carboxylic acids is 1. The van der Waals surface area contributed by atoms with Gasteiger partial charge in [-0.25, -0.2) is 0 Å². The Morgan fingerprint density at radius 1 is 1.54 bits per heavy atom. The summed E-state index contributed by atoms with van der Waals surface area (Å²) in [5, 5.41) is 1.13. The summed E-state index contributed by atoms with van der Waals surface area (Å²) < 4.78 is 0. The van der Waals surface area contributed by atoms with Gasteiger partial charge in [0.15, 0.2) is 0 Å². The van der Waals surface area contributed by atoms with Crippen LogP contribution in [0, 0.1) is 6.92 Å². The number of halogens is 2. The van der Waals surface area contributed by atoms with E-state index in [1.807, 2.05) is 25.1 Å². The van der Waals surface area contributed by atoms with E-state index in [1.54, 1.807) is 0 Å². The first kappa shape index (κ1) is 10.7. The Morgan fingerprint density at radius 2 is 2.23 bits per heavy atom. The Hall–Kier alpha value is -0.340. The van der Waals surface area contributed by atoms with Crippen LogP contribution in [0.15, 0.2) is 18.2 Å². The molecular weight excluding hydrogens is 251 g/mol. The number of ketones is 1. The molecule has 0 saturated heterocycles. The minimum Gasteiger partial charge on any atom is -0.298 e. The predicted octanol–water partition coefficient (Wildman–Crippen LogP) is 3.15. The van der Waals surface area contributed by atoms with Crippen LogP contribution in [0.4, 0.5) is 0 Å². The van der Waals surface area contributed by atoms with Crippen molar-refractivity contribution in [3.05, 3.63) is 34.3 Å². The number of Topliss-reactive ketones (excluding diaryl/α,β-unsaturated/α-hetero) is 1. The van der Waals surface area contributed by atoms with Crippen molar-refractivity contribution >= 4 is 33.3 Å². The molecule has 0 bridgehead atoms. The molecule has 13 heavy (non-hydrogen) atoms. The minimum absolute atomic E-state index is 0.186. The molecule has 1 aromatic rings. The molecule has 0 amide bonds. The van der Waals surface area contributed by atoms with Gasteiger partial charge in [0.1, 0.15) is 5.78 Å². The molecule has 0 N–H and O–H groups in total. The van der Waals surface area contributed by atoms with Crippen molar-refractivity contribution in [1.82, 2.24) is 0 Å². The van der Waals surface area contributed by atoms with E-state index in [1.165, 1.54) is 0 Å². The first-order valence-corrected chi connectivity index (χ1v) is 5.46. The van der Waals surface area contributed by atoms with Crippen LogP contribution < -0.4 is 0 Å². The number of aryl methyl sites for hydroxylation is 1. The SMILES string of the molecule is Cc1cc(Cl)ccc1CC(=O)CBr. The molecule has 3 heteroatoms. The van der Waals surface area contributed by atoms with Gasteiger partial charge < -0.3 is 0 Å². The van der Waals surface area contributed by atoms with E-state index in [4.69, 9.17) is 11.6 Å². The fourth-order valence-electron chi connectivity index (χ4n) is 1.12. The molecule has 0 aliphatic rings. The average Bonchev–Trinajstić information content (AvgIpc) is 2.09. The zero-order valence-electron chi connectivity index (χ0n) is 7.31. The van der Waals surface area contributed by atoms with Gasteiger partial charge in [-0.2, -0.15) is 0 Å². The number of hydrogen-bond acceptors (Lipinski definition) is 1. The Balaban J connectivity index is 2.83. The molecule has 0 aromatic heterocycles.